The van der Waals surface area contributed by atoms with Gasteiger partial charge in [0.2, 0.25) is 5.91 Å². The van der Waals surface area contributed by atoms with Crippen molar-refractivity contribution in [3.05, 3.63) is 53.4 Å². The van der Waals surface area contributed by atoms with Gasteiger partial charge in [-0.2, -0.15) is 5.10 Å². The molecule has 0 aliphatic carbocycles. The lowest BCUT2D eigenvalue weighted by Crippen LogP contribution is -2.52. The minimum absolute atomic E-state index is 0.0254. The number of halogens is 1. The van der Waals surface area contributed by atoms with Crippen molar-refractivity contribution in [1.82, 2.24) is 19.6 Å². The molecule has 2 aliphatic rings. The number of aromatic nitrogens is 2. The molecule has 35 heavy (non-hydrogen) atoms. The molecular weight excluding hydrogens is 464 g/mol. The van der Waals surface area contributed by atoms with Crippen LogP contribution in [0, 0.1) is 0 Å². The number of hydrogen-bond donors (Lipinski definition) is 1. The molecule has 2 amide bonds. The fraction of sp³-hybridized carbons (Fsp3) is 0.519. The van der Waals surface area contributed by atoms with E-state index in [2.05, 4.69) is 13.5 Å². The van der Waals surface area contributed by atoms with E-state index in [1.165, 1.54) is 0 Å². The molecule has 0 spiro atoms. The average molecular weight is 499 g/mol. The van der Waals surface area contributed by atoms with Crippen molar-refractivity contribution in [2.45, 2.75) is 70.4 Å². The van der Waals surface area contributed by atoms with Gasteiger partial charge in [-0.15, -0.1) is 0 Å². The van der Waals surface area contributed by atoms with E-state index in [1.54, 1.807) is 4.90 Å². The first-order chi connectivity index (χ1) is 16.9. The summed E-state index contributed by atoms with van der Waals surface area (Å²) in [7, 11) is 0. The fourth-order valence-electron chi connectivity index (χ4n) is 5.22. The molecule has 2 aliphatic heterocycles. The predicted octanol–water partition coefficient (Wildman–Crippen LogP) is 5.62. The highest BCUT2D eigenvalue weighted by molar-refractivity contribution is 6.30. The summed E-state index contributed by atoms with van der Waals surface area (Å²) in [5, 5.41) is 15.2. The topological polar surface area (TPSA) is 78.7 Å². The summed E-state index contributed by atoms with van der Waals surface area (Å²) in [6.07, 6.45) is 7.36. The molecule has 1 fully saturated rings. The van der Waals surface area contributed by atoms with Gasteiger partial charge in [-0.3, -0.25) is 14.3 Å². The largest absolute Gasteiger partial charge is 0.513 e. The van der Waals surface area contributed by atoms with E-state index in [0.29, 0.717) is 30.2 Å². The zero-order chi connectivity index (χ0) is 24.9. The van der Waals surface area contributed by atoms with Gasteiger partial charge in [0.25, 0.3) is 5.91 Å². The zero-order valence-corrected chi connectivity index (χ0v) is 21.2. The molecule has 1 N–H and O–H groups in total. The molecule has 1 saturated heterocycles. The number of unbranched alkanes of at least 4 members (excludes halogenated alkanes) is 2. The normalized spacial score (nSPS) is 20.1. The summed E-state index contributed by atoms with van der Waals surface area (Å²) in [4.78, 5) is 30.3. The molecule has 0 bridgehead atoms. The molecule has 7 nitrogen and oxygen atoms in total. The van der Waals surface area contributed by atoms with E-state index in [4.69, 9.17) is 16.7 Å². The van der Waals surface area contributed by atoms with E-state index in [1.807, 2.05) is 39.9 Å². The molecule has 2 unspecified atom stereocenters. The van der Waals surface area contributed by atoms with Crippen LogP contribution in [0.5, 0.6) is 0 Å². The first kappa shape index (κ1) is 25.3. The Morgan fingerprint density at radius 3 is 2.69 bits per heavy atom. The number of hydrogen-bond acceptors (Lipinski definition) is 4. The lowest BCUT2D eigenvalue weighted by atomic mass is 9.98. The van der Waals surface area contributed by atoms with Crippen molar-refractivity contribution in [1.29, 1.82) is 0 Å². The van der Waals surface area contributed by atoms with Crippen molar-refractivity contribution in [3.8, 4) is 11.3 Å². The number of carbonyl (C=O) groups is 2. The smallest absolute Gasteiger partial charge is 0.272 e. The van der Waals surface area contributed by atoms with Gasteiger partial charge in [0.1, 0.15) is 12.2 Å². The predicted molar refractivity (Wildman–Crippen MR) is 137 cm³/mol. The van der Waals surface area contributed by atoms with Crippen LogP contribution in [-0.2, 0) is 4.79 Å². The summed E-state index contributed by atoms with van der Waals surface area (Å²) < 4.78 is 1.86. The van der Waals surface area contributed by atoms with Crippen LogP contribution in [0.4, 0.5) is 0 Å². The third-order valence-electron chi connectivity index (χ3n) is 7.04. The number of aliphatic hydroxyl groups excluding tert-OH is 1. The quantitative estimate of drug-likeness (QED) is 0.359. The van der Waals surface area contributed by atoms with Crippen molar-refractivity contribution in [2.24, 2.45) is 0 Å². The van der Waals surface area contributed by atoms with Crippen LogP contribution in [0.2, 0.25) is 5.02 Å². The Bertz CT molecular complexity index is 1060. The zero-order valence-electron chi connectivity index (χ0n) is 20.5. The Balaban J connectivity index is 1.56. The summed E-state index contributed by atoms with van der Waals surface area (Å²) in [6, 6.07) is 9.23. The number of likely N-dealkylation sites (tertiary alicyclic amines) is 1. The van der Waals surface area contributed by atoms with Crippen LogP contribution >= 0.6 is 11.6 Å². The van der Waals surface area contributed by atoms with Gasteiger partial charge in [0.15, 0.2) is 0 Å². The van der Waals surface area contributed by atoms with Crippen LogP contribution in [-0.4, -0.2) is 62.2 Å². The van der Waals surface area contributed by atoms with Crippen molar-refractivity contribution < 1.29 is 14.7 Å². The Hall–Kier alpha value is -2.80. The summed E-state index contributed by atoms with van der Waals surface area (Å²) >= 11 is 6.05. The van der Waals surface area contributed by atoms with E-state index in [9.17, 15) is 14.7 Å². The molecule has 2 aromatic rings. The van der Waals surface area contributed by atoms with Crippen molar-refractivity contribution in [2.75, 3.05) is 19.6 Å². The highest BCUT2D eigenvalue weighted by atomic mass is 35.5. The highest BCUT2D eigenvalue weighted by Gasteiger charge is 2.36. The Morgan fingerprint density at radius 1 is 1.20 bits per heavy atom. The van der Waals surface area contributed by atoms with E-state index < -0.39 is 0 Å². The van der Waals surface area contributed by atoms with Crippen LogP contribution in [0.15, 0.2) is 42.7 Å². The second-order valence-electron chi connectivity index (χ2n) is 9.71. The lowest BCUT2D eigenvalue weighted by Gasteiger charge is -2.38. The SMILES string of the molecule is C=C(O)CC1CCCCN1C(=O)CN1CC(CCCCC)n2nc(-c3ccc(Cl)cc3)cc2C1=O. The van der Waals surface area contributed by atoms with Gasteiger partial charge in [0, 0.05) is 36.1 Å². The maximum atomic E-state index is 13.5. The molecule has 188 valence electrons. The standard InChI is InChI=1S/C27H35ClN4O3/c1-3-4-5-9-23-17-30(18-26(34)31-14-7-6-8-22(31)15-19(2)33)27(35)25-16-24(29-32(23)25)20-10-12-21(28)13-11-20/h10-13,16,22-23,33H,2-9,14-15,17-18H2,1H3. The van der Waals surface area contributed by atoms with Crippen molar-refractivity contribution in [3.63, 3.8) is 0 Å². The molecule has 4 rings (SSSR count). The van der Waals surface area contributed by atoms with E-state index >= 15 is 0 Å². The minimum atomic E-state index is -0.169. The second kappa shape index (κ2) is 11.3. The van der Waals surface area contributed by atoms with Gasteiger partial charge in [-0.05, 0) is 43.9 Å². The maximum absolute atomic E-state index is 13.5. The number of amides is 2. The first-order valence-electron chi connectivity index (χ1n) is 12.7. The number of piperidine rings is 1. The summed E-state index contributed by atoms with van der Waals surface area (Å²) in [5.74, 6) is -0.140. The second-order valence-corrected chi connectivity index (χ2v) is 10.1. The van der Waals surface area contributed by atoms with Gasteiger partial charge < -0.3 is 14.9 Å². The Morgan fingerprint density at radius 2 is 1.97 bits per heavy atom. The molecule has 3 heterocycles. The Kier molecular flexibility index (Phi) is 8.16. The van der Waals surface area contributed by atoms with Crippen LogP contribution in [0.3, 0.4) is 0 Å². The maximum Gasteiger partial charge on any atom is 0.272 e. The molecular formula is C27H35ClN4O3. The third-order valence-corrected chi connectivity index (χ3v) is 7.30. The van der Waals surface area contributed by atoms with Gasteiger partial charge in [0.05, 0.1) is 17.5 Å². The number of nitrogens with zero attached hydrogens (tertiary/aromatic N) is 4. The fourth-order valence-corrected chi connectivity index (χ4v) is 5.34. The molecule has 2 atom stereocenters. The monoisotopic (exact) mass is 498 g/mol. The first-order valence-corrected chi connectivity index (χ1v) is 13.1. The summed E-state index contributed by atoms with van der Waals surface area (Å²) in [6.45, 7) is 6.94. The molecule has 1 aromatic heterocycles. The van der Waals surface area contributed by atoms with Crippen molar-refractivity contribution >= 4 is 23.4 Å². The van der Waals surface area contributed by atoms with Gasteiger partial charge in [-0.1, -0.05) is 56.5 Å². The number of fused-ring (bicyclic) bond motifs is 1. The molecule has 8 heteroatoms. The number of rotatable bonds is 9. The van der Waals surface area contributed by atoms with Gasteiger partial charge in [-0.25, -0.2) is 0 Å². The molecule has 0 saturated carbocycles. The summed E-state index contributed by atoms with van der Waals surface area (Å²) in [5.41, 5.74) is 2.16. The number of aliphatic hydroxyl groups is 1. The third kappa shape index (κ3) is 5.89. The Labute approximate surface area is 212 Å². The lowest BCUT2D eigenvalue weighted by molar-refractivity contribution is -0.135. The van der Waals surface area contributed by atoms with E-state index in [-0.39, 0.29) is 36.2 Å². The van der Waals surface area contributed by atoms with E-state index in [0.717, 1.165) is 56.2 Å². The average Bonchev–Trinajstić information content (AvgIpc) is 3.28. The van der Waals surface area contributed by atoms with Crippen LogP contribution in [0.25, 0.3) is 11.3 Å². The number of carbonyl (C=O) groups excluding carboxylic acids is 2. The number of benzene rings is 1. The molecule has 1 aromatic carbocycles. The van der Waals surface area contributed by atoms with Gasteiger partial charge >= 0.3 is 0 Å². The molecule has 0 radical (unpaired) electrons. The van der Waals surface area contributed by atoms with Crippen LogP contribution in [0.1, 0.15) is 74.8 Å². The highest BCUT2D eigenvalue weighted by Crippen LogP contribution is 2.30. The van der Waals surface area contributed by atoms with Crippen LogP contribution < -0.4 is 0 Å². The minimum Gasteiger partial charge on any atom is -0.513 e.